The highest BCUT2D eigenvalue weighted by Crippen LogP contribution is 2.46. The summed E-state index contributed by atoms with van der Waals surface area (Å²) in [5.41, 5.74) is 4.48. The van der Waals surface area contributed by atoms with Crippen LogP contribution in [0.4, 0.5) is 14.5 Å². The maximum Gasteiger partial charge on any atom is 0.254 e. The number of ketones is 1. The van der Waals surface area contributed by atoms with Gasteiger partial charge in [-0.25, -0.2) is 8.78 Å². The molecule has 36 heavy (non-hydrogen) atoms. The van der Waals surface area contributed by atoms with E-state index in [9.17, 15) is 18.4 Å². The van der Waals surface area contributed by atoms with Gasteiger partial charge in [-0.3, -0.25) is 9.59 Å². The predicted molar refractivity (Wildman–Crippen MR) is 135 cm³/mol. The van der Waals surface area contributed by atoms with Crippen molar-refractivity contribution in [1.82, 2.24) is 5.32 Å². The molecule has 2 unspecified atom stereocenters. The van der Waals surface area contributed by atoms with E-state index in [1.807, 2.05) is 61.5 Å². The standard InChI is InChI=1S/C30H26F2N2O2/c1-17-9-6-7-12-21(17)27-26(30(36)34-29-22(31)13-8-14-23(29)32)18(2)33-24-15-20(16-25(35)28(24)27)19-10-4-3-5-11-19/h3-14,20,27,33H,15-16H2,1-2H3,(H,34,36). The van der Waals surface area contributed by atoms with Gasteiger partial charge < -0.3 is 10.6 Å². The molecule has 1 aliphatic heterocycles. The van der Waals surface area contributed by atoms with E-state index < -0.39 is 29.1 Å². The van der Waals surface area contributed by atoms with Crippen molar-refractivity contribution in [1.29, 1.82) is 0 Å². The number of carbonyl (C=O) groups is 2. The van der Waals surface area contributed by atoms with Crippen molar-refractivity contribution in [3.05, 3.63) is 124 Å². The smallest absolute Gasteiger partial charge is 0.254 e. The summed E-state index contributed by atoms with van der Waals surface area (Å²) in [5, 5.41) is 5.73. The van der Waals surface area contributed by atoms with E-state index in [-0.39, 0.29) is 17.3 Å². The number of aryl methyl sites for hydroxylation is 1. The van der Waals surface area contributed by atoms with Crippen LogP contribution in [-0.4, -0.2) is 11.7 Å². The number of allylic oxidation sites excluding steroid dienone is 3. The lowest BCUT2D eigenvalue weighted by atomic mass is 9.71. The molecule has 0 bridgehead atoms. The van der Waals surface area contributed by atoms with Crippen LogP contribution >= 0.6 is 0 Å². The van der Waals surface area contributed by atoms with Gasteiger partial charge in [-0.1, -0.05) is 60.7 Å². The third kappa shape index (κ3) is 4.24. The maximum atomic E-state index is 14.3. The zero-order valence-electron chi connectivity index (χ0n) is 20.1. The summed E-state index contributed by atoms with van der Waals surface area (Å²) in [6.07, 6.45) is 0.949. The van der Waals surface area contributed by atoms with Gasteiger partial charge in [0, 0.05) is 34.9 Å². The Balaban J connectivity index is 1.59. The molecule has 0 saturated heterocycles. The highest BCUT2D eigenvalue weighted by Gasteiger charge is 2.41. The summed E-state index contributed by atoms with van der Waals surface area (Å²) >= 11 is 0. The van der Waals surface area contributed by atoms with Gasteiger partial charge in [-0.2, -0.15) is 0 Å². The van der Waals surface area contributed by atoms with Crippen molar-refractivity contribution in [2.24, 2.45) is 0 Å². The fraction of sp³-hybridized carbons (Fsp3) is 0.200. The highest BCUT2D eigenvalue weighted by atomic mass is 19.1. The molecule has 6 heteroatoms. The molecule has 182 valence electrons. The first-order valence-corrected chi connectivity index (χ1v) is 11.9. The van der Waals surface area contributed by atoms with E-state index in [1.54, 1.807) is 6.92 Å². The van der Waals surface area contributed by atoms with Gasteiger partial charge in [0.15, 0.2) is 5.78 Å². The number of benzene rings is 3. The highest BCUT2D eigenvalue weighted by molar-refractivity contribution is 6.10. The zero-order valence-corrected chi connectivity index (χ0v) is 20.1. The molecule has 3 aromatic carbocycles. The van der Waals surface area contributed by atoms with Gasteiger partial charge in [0.05, 0.1) is 0 Å². The molecule has 0 fully saturated rings. The number of anilines is 1. The van der Waals surface area contributed by atoms with Gasteiger partial charge in [0.25, 0.3) is 5.91 Å². The van der Waals surface area contributed by atoms with Gasteiger partial charge in [-0.05, 0) is 55.0 Å². The lowest BCUT2D eigenvalue weighted by Gasteiger charge is -2.37. The Kier molecular flexibility index (Phi) is 6.27. The van der Waals surface area contributed by atoms with Crippen LogP contribution in [0.25, 0.3) is 0 Å². The maximum absolute atomic E-state index is 14.3. The minimum atomic E-state index is -0.864. The monoisotopic (exact) mass is 484 g/mol. The summed E-state index contributed by atoms with van der Waals surface area (Å²) in [5.74, 6) is -3.04. The molecule has 2 aliphatic rings. The van der Waals surface area contributed by atoms with Crippen LogP contribution in [0.15, 0.2) is 95.3 Å². The summed E-state index contributed by atoms with van der Waals surface area (Å²) in [4.78, 5) is 27.2. The van der Waals surface area contributed by atoms with E-state index in [1.165, 1.54) is 6.07 Å². The molecule has 2 N–H and O–H groups in total. The van der Waals surface area contributed by atoms with Crippen molar-refractivity contribution in [2.45, 2.75) is 38.5 Å². The van der Waals surface area contributed by atoms with E-state index in [0.717, 1.165) is 34.5 Å². The molecule has 0 spiro atoms. The largest absolute Gasteiger partial charge is 0.362 e. The Bertz CT molecular complexity index is 1410. The molecule has 3 aromatic rings. The minimum absolute atomic E-state index is 0.0261. The molecule has 1 aliphatic carbocycles. The Morgan fingerprint density at radius 2 is 1.56 bits per heavy atom. The second-order valence-electron chi connectivity index (χ2n) is 9.34. The zero-order chi connectivity index (χ0) is 25.4. The number of dihydropyridines is 1. The fourth-order valence-electron chi connectivity index (χ4n) is 5.32. The fourth-order valence-corrected chi connectivity index (χ4v) is 5.32. The summed E-state index contributed by atoms with van der Waals surface area (Å²) in [6.45, 7) is 3.69. The lowest BCUT2D eigenvalue weighted by Crippen LogP contribution is -2.37. The number of halogens is 2. The Hall–Kier alpha value is -4.06. The SMILES string of the molecule is CC1=C(C(=O)Nc2c(F)cccc2F)C(c2ccccc2C)C2=C(CC(c3ccccc3)CC2=O)N1. The van der Waals surface area contributed by atoms with Crippen LogP contribution in [-0.2, 0) is 9.59 Å². The molecule has 2 atom stereocenters. The van der Waals surface area contributed by atoms with Crippen molar-refractivity contribution in [3.63, 3.8) is 0 Å². The molecular weight excluding hydrogens is 458 g/mol. The lowest BCUT2D eigenvalue weighted by molar-refractivity contribution is -0.116. The van der Waals surface area contributed by atoms with Crippen LogP contribution in [0.3, 0.4) is 0 Å². The molecule has 1 amide bonds. The third-order valence-corrected chi connectivity index (χ3v) is 7.04. The van der Waals surface area contributed by atoms with Crippen molar-refractivity contribution in [2.75, 3.05) is 5.32 Å². The van der Waals surface area contributed by atoms with Gasteiger partial charge in [0.1, 0.15) is 17.3 Å². The van der Waals surface area contributed by atoms with Crippen LogP contribution in [0, 0.1) is 18.6 Å². The summed E-state index contributed by atoms with van der Waals surface area (Å²) in [7, 11) is 0. The summed E-state index contributed by atoms with van der Waals surface area (Å²) in [6, 6.07) is 20.9. The van der Waals surface area contributed by atoms with E-state index >= 15 is 0 Å². The van der Waals surface area contributed by atoms with Crippen LogP contribution in [0.5, 0.6) is 0 Å². The number of hydrogen-bond donors (Lipinski definition) is 2. The number of para-hydroxylation sites is 1. The van der Waals surface area contributed by atoms with Gasteiger partial charge in [0.2, 0.25) is 0 Å². The Labute approximate surface area is 208 Å². The molecule has 0 saturated carbocycles. The number of nitrogens with one attached hydrogen (secondary N) is 2. The van der Waals surface area contributed by atoms with Crippen LogP contribution in [0.2, 0.25) is 0 Å². The Morgan fingerprint density at radius 3 is 2.25 bits per heavy atom. The summed E-state index contributed by atoms with van der Waals surface area (Å²) < 4.78 is 28.7. The first kappa shape index (κ1) is 23.7. The molecule has 1 heterocycles. The number of Topliss-reactive ketones (excluding diaryl/α,β-unsaturated/α-hetero) is 1. The molecule has 5 rings (SSSR count). The second-order valence-corrected chi connectivity index (χ2v) is 9.34. The predicted octanol–water partition coefficient (Wildman–Crippen LogP) is 6.27. The van der Waals surface area contributed by atoms with Crippen molar-refractivity contribution >= 4 is 17.4 Å². The molecule has 4 nitrogen and oxygen atoms in total. The van der Waals surface area contributed by atoms with Gasteiger partial charge in [-0.15, -0.1) is 0 Å². The average molecular weight is 485 g/mol. The number of hydrogen-bond acceptors (Lipinski definition) is 3. The van der Waals surface area contributed by atoms with Crippen LogP contribution < -0.4 is 10.6 Å². The second kappa shape index (κ2) is 9.53. The Morgan fingerprint density at radius 1 is 0.889 bits per heavy atom. The van der Waals surface area contributed by atoms with Crippen molar-refractivity contribution in [3.8, 4) is 0 Å². The average Bonchev–Trinajstić information content (AvgIpc) is 2.86. The number of amides is 1. The third-order valence-electron chi connectivity index (χ3n) is 7.04. The van der Waals surface area contributed by atoms with E-state index in [0.29, 0.717) is 24.1 Å². The van der Waals surface area contributed by atoms with E-state index in [4.69, 9.17) is 0 Å². The molecule has 0 radical (unpaired) electrons. The quantitative estimate of drug-likeness (QED) is 0.459. The number of rotatable bonds is 4. The number of carbonyl (C=O) groups excluding carboxylic acids is 2. The normalized spacial score (nSPS) is 19.6. The van der Waals surface area contributed by atoms with Crippen molar-refractivity contribution < 1.29 is 18.4 Å². The van der Waals surface area contributed by atoms with Crippen LogP contribution in [0.1, 0.15) is 48.3 Å². The first-order valence-electron chi connectivity index (χ1n) is 11.9. The first-order chi connectivity index (χ1) is 17.3. The molecule has 0 aromatic heterocycles. The minimum Gasteiger partial charge on any atom is -0.362 e. The molecular formula is C30H26F2N2O2. The topological polar surface area (TPSA) is 58.2 Å². The van der Waals surface area contributed by atoms with Gasteiger partial charge >= 0.3 is 0 Å². The van der Waals surface area contributed by atoms with E-state index in [2.05, 4.69) is 10.6 Å².